The highest BCUT2D eigenvalue weighted by molar-refractivity contribution is 9.10. The highest BCUT2D eigenvalue weighted by atomic mass is 79.9. The highest BCUT2D eigenvalue weighted by Crippen LogP contribution is 2.36. The van der Waals surface area contributed by atoms with Gasteiger partial charge in [0.1, 0.15) is 0 Å². The Morgan fingerprint density at radius 1 is 1.50 bits per heavy atom. The van der Waals surface area contributed by atoms with Crippen molar-refractivity contribution in [3.8, 4) is 0 Å². The Morgan fingerprint density at radius 2 is 2.19 bits per heavy atom. The Kier molecular flexibility index (Phi) is 3.48. The molecule has 0 aromatic heterocycles. The van der Waals surface area contributed by atoms with Crippen LogP contribution >= 0.6 is 39.1 Å². The van der Waals surface area contributed by atoms with Crippen molar-refractivity contribution in [3.05, 3.63) is 33.3 Å². The van der Waals surface area contributed by atoms with E-state index in [-0.39, 0.29) is 11.4 Å². The quantitative estimate of drug-likeness (QED) is 0.846. The van der Waals surface area contributed by atoms with Gasteiger partial charge in [-0.05, 0) is 47.0 Å². The van der Waals surface area contributed by atoms with Crippen molar-refractivity contribution >= 4 is 45.0 Å². The number of alkyl halides is 1. The van der Waals surface area contributed by atoms with Crippen molar-refractivity contribution in [2.75, 3.05) is 5.88 Å². The molecule has 1 aromatic rings. The standard InChI is InChI=1S/C11H10BrCl2NO/c12-8-5-7(1-2-9(8)14)10(16)15-11(6-13)3-4-11/h1-2,5H,3-4,6H2,(H,15,16). The smallest absolute Gasteiger partial charge is 0.251 e. The molecule has 0 radical (unpaired) electrons. The third-order valence-corrected chi connectivity index (χ3v) is 4.40. The lowest BCUT2D eigenvalue weighted by atomic mass is 10.2. The first-order valence-electron chi connectivity index (χ1n) is 4.90. The number of halogens is 3. The Hall–Kier alpha value is -0.250. The second kappa shape index (κ2) is 4.55. The summed E-state index contributed by atoms with van der Waals surface area (Å²) in [5.41, 5.74) is 0.415. The highest BCUT2D eigenvalue weighted by Gasteiger charge is 2.43. The lowest BCUT2D eigenvalue weighted by Crippen LogP contribution is -2.38. The number of amides is 1. The van der Waals surface area contributed by atoms with Crippen LogP contribution in [0.1, 0.15) is 23.2 Å². The lowest BCUT2D eigenvalue weighted by molar-refractivity contribution is 0.0936. The van der Waals surface area contributed by atoms with E-state index < -0.39 is 0 Å². The fourth-order valence-electron chi connectivity index (χ4n) is 1.39. The summed E-state index contributed by atoms with van der Waals surface area (Å²) in [5.74, 6) is 0.364. The molecule has 0 atom stereocenters. The van der Waals surface area contributed by atoms with Gasteiger partial charge in [0, 0.05) is 15.9 Å². The second-order valence-electron chi connectivity index (χ2n) is 4.00. The first kappa shape index (κ1) is 12.2. The summed E-state index contributed by atoms with van der Waals surface area (Å²) in [5, 5.41) is 3.54. The van der Waals surface area contributed by atoms with E-state index in [1.165, 1.54) is 0 Å². The molecule has 16 heavy (non-hydrogen) atoms. The minimum Gasteiger partial charge on any atom is -0.345 e. The van der Waals surface area contributed by atoms with Crippen LogP contribution in [0.15, 0.2) is 22.7 Å². The summed E-state index contributed by atoms with van der Waals surface area (Å²) >= 11 is 14.9. The summed E-state index contributed by atoms with van der Waals surface area (Å²) < 4.78 is 0.720. The summed E-state index contributed by atoms with van der Waals surface area (Å²) in [6, 6.07) is 5.11. The zero-order valence-corrected chi connectivity index (χ0v) is 11.5. The van der Waals surface area contributed by atoms with E-state index in [1.54, 1.807) is 18.2 Å². The van der Waals surface area contributed by atoms with Crippen molar-refractivity contribution in [2.45, 2.75) is 18.4 Å². The zero-order chi connectivity index (χ0) is 11.8. The van der Waals surface area contributed by atoms with Crippen molar-refractivity contribution in [1.82, 2.24) is 5.32 Å². The molecule has 1 fully saturated rings. The van der Waals surface area contributed by atoms with Crippen LogP contribution in [0.5, 0.6) is 0 Å². The van der Waals surface area contributed by atoms with E-state index in [4.69, 9.17) is 23.2 Å². The normalized spacial score (nSPS) is 16.9. The van der Waals surface area contributed by atoms with Gasteiger partial charge in [0.2, 0.25) is 0 Å². The monoisotopic (exact) mass is 321 g/mol. The molecular formula is C11H10BrCl2NO. The average molecular weight is 323 g/mol. The molecule has 2 nitrogen and oxygen atoms in total. The van der Waals surface area contributed by atoms with Crippen LogP contribution in [0.4, 0.5) is 0 Å². The summed E-state index contributed by atoms with van der Waals surface area (Å²) in [6.45, 7) is 0. The van der Waals surface area contributed by atoms with E-state index in [1.807, 2.05) is 0 Å². The van der Waals surface area contributed by atoms with E-state index in [0.29, 0.717) is 16.5 Å². The van der Waals surface area contributed by atoms with Gasteiger partial charge in [-0.1, -0.05) is 11.6 Å². The van der Waals surface area contributed by atoms with E-state index in [2.05, 4.69) is 21.2 Å². The van der Waals surface area contributed by atoms with Crippen LogP contribution < -0.4 is 5.32 Å². The third-order valence-electron chi connectivity index (χ3n) is 2.67. The Bertz CT molecular complexity index is 432. The molecule has 1 aromatic carbocycles. The molecule has 5 heteroatoms. The van der Waals surface area contributed by atoms with Crippen LogP contribution in [0.25, 0.3) is 0 Å². The molecule has 0 heterocycles. The van der Waals surface area contributed by atoms with Crippen molar-refractivity contribution in [2.24, 2.45) is 0 Å². The van der Waals surface area contributed by atoms with Crippen molar-refractivity contribution < 1.29 is 4.79 Å². The fraction of sp³-hybridized carbons (Fsp3) is 0.364. The van der Waals surface area contributed by atoms with Gasteiger partial charge in [-0.3, -0.25) is 4.79 Å². The number of nitrogens with one attached hydrogen (secondary N) is 1. The van der Waals surface area contributed by atoms with E-state index >= 15 is 0 Å². The number of hydrogen-bond acceptors (Lipinski definition) is 1. The van der Waals surface area contributed by atoms with Crippen LogP contribution in [0.2, 0.25) is 5.02 Å². The maximum absolute atomic E-state index is 11.9. The van der Waals surface area contributed by atoms with Gasteiger partial charge in [0.05, 0.1) is 10.6 Å². The van der Waals surface area contributed by atoms with Crippen LogP contribution in [0, 0.1) is 0 Å². The molecule has 1 aliphatic carbocycles. The van der Waals surface area contributed by atoms with Gasteiger partial charge in [0.25, 0.3) is 5.91 Å². The molecule has 86 valence electrons. The molecule has 2 rings (SSSR count). The predicted molar refractivity (Wildman–Crippen MR) is 69.3 cm³/mol. The van der Waals surface area contributed by atoms with E-state index in [9.17, 15) is 4.79 Å². The first-order valence-corrected chi connectivity index (χ1v) is 6.60. The second-order valence-corrected chi connectivity index (χ2v) is 5.53. The Labute approximate surface area is 112 Å². The molecule has 0 saturated heterocycles. The maximum atomic E-state index is 11.9. The molecule has 0 bridgehead atoms. The summed E-state index contributed by atoms with van der Waals surface area (Å²) in [4.78, 5) is 11.9. The van der Waals surface area contributed by atoms with Crippen molar-refractivity contribution in [1.29, 1.82) is 0 Å². The minimum absolute atomic E-state index is 0.101. The molecule has 0 aliphatic heterocycles. The largest absolute Gasteiger partial charge is 0.345 e. The molecule has 0 spiro atoms. The number of benzene rings is 1. The summed E-state index contributed by atoms with van der Waals surface area (Å²) in [7, 11) is 0. The van der Waals surface area contributed by atoms with Gasteiger partial charge in [-0.15, -0.1) is 11.6 Å². The van der Waals surface area contributed by atoms with Crippen LogP contribution in [-0.2, 0) is 0 Å². The number of carbonyl (C=O) groups excluding carboxylic acids is 1. The lowest BCUT2D eigenvalue weighted by Gasteiger charge is -2.14. The van der Waals surface area contributed by atoms with Gasteiger partial charge < -0.3 is 5.32 Å². The molecule has 1 amide bonds. The predicted octanol–water partition coefficient (Wildman–Crippen LogP) is 3.60. The van der Waals surface area contributed by atoms with Crippen LogP contribution in [0.3, 0.4) is 0 Å². The molecular weight excluding hydrogens is 313 g/mol. The van der Waals surface area contributed by atoms with Crippen molar-refractivity contribution in [3.63, 3.8) is 0 Å². The fourth-order valence-corrected chi connectivity index (χ4v) is 2.22. The SMILES string of the molecule is O=C(NC1(CCl)CC1)c1ccc(Cl)c(Br)c1. The number of rotatable bonds is 3. The minimum atomic E-state index is -0.176. The first-order chi connectivity index (χ1) is 7.56. The van der Waals surface area contributed by atoms with Gasteiger partial charge in [-0.25, -0.2) is 0 Å². The Morgan fingerprint density at radius 3 is 2.69 bits per heavy atom. The summed E-state index contributed by atoms with van der Waals surface area (Å²) in [6.07, 6.45) is 1.91. The maximum Gasteiger partial charge on any atom is 0.251 e. The van der Waals surface area contributed by atoms with Gasteiger partial charge >= 0.3 is 0 Å². The molecule has 1 N–H and O–H groups in total. The third kappa shape index (κ3) is 2.53. The number of carbonyl (C=O) groups is 1. The number of hydrogen-bond donors (Lipinski definition) is 1. The average Bonchev–Trinajstić information content (AvgIpc) is 3.02. The van der Waals surface area contributed by atoms with Crippen LogP contribution in [-0.4, -0.2) is 17.3 Å². The topological polar surface area (TPSA) is 29.1 Å². The molecule has 0 unspecified atom stereocenters. The van der Waals surface area contributed by atoms with Gasteiger partial charge in [0.15, 0.2) is 0 Å². The van der Waals surface area contributed by atoms with Gasteiger partial charge in [-0.2, -0.15) is 0 Å². The molecule has 1 saturated carbocycles. The Balaban J connectivity index is 2.12. The zero-order valence-electron chi connectivity index (χ0n) is 8.40. The van der Waals surface area contributed by atoms with E-state index in [0.717, 1.165) is 17.3 Å². The molecule has 1 aliphatic rings.